The van der Waals surface area contributed by atoms with Crippen LogP contribution in [0, 0.1) is 5.92 Å². The van der Waals surface area contributed by atoms with E-state index in [1.807, 2.05) is 6.92 Å². The van der Waals surface area contributed by atoms with Gasteiger partial charge in [0, 0.05) is 5.56 Å². The standard InChI is InChI=1S/C22H24N2O3/c1-5-16(4)14-27-22(26)18-8-12-20(13-9-18)24-23-19-10-6-17(7-11-19)21(25)15(2)3/h6-13,16H,2,5,14H2,1,3-4H3. The van der Waals surface area contributed by atoms with Crippen molar-refractivity contribution in [1.29, 1.82) is 0 Å². The Morgan fingerprint density at radius 2 is 1.44 bits per heavy atom. The van der Waals surface area contributed by atoms with Crippen molar-refractivity contribution >= 4 is 23.1 Å². The number of Topliss-reactive ketones (excluding diaryl/α,β-unsaturated/α-hetero) is 1. The molecule has 0 N–H and O–H groups in total. The number of hydrogen-bond donors (Lipinski definition) is 0. The van der Waals surface area contributed by atoms with Crippen LogP contribution in [0.25, 0.3) is 0 Å². The van der Waals surface area contributed by atoms with Gasteiger partial charge in [0.15, 0.2) is 5.78 Å². The number of hydrogen-bond acceptors (Lipinski definition) is 5. The number of allylic oxidation sites excluding steroid dienone is 1. The van der Waals surface area contributed by atoms with Gasteiger partial charge >= 0.3 is 5.97 Å². The zero-order chi connectivity index (χ0) is 19.8. The predicted octanol–water partition coefficient (Wildman–Crippen LogP) is 6.06. The van der Waals surface area contributed by atoms with Crippen LogP contribution < -0.4 is 0 Å². The Hall–Kier alpha value is -3.08. The lowest BCUT2D eigenvalue weighted by Gasteiger charge is -2.09. The predicted molar refractivity (Wildman–Crippen MR) is 106 cm³/mol. The molecule has 0 aliphatic carbocycles. The molecule has 5 nitrogen and oxygen atoms in total. The molecule has 0 saturated carbocycles. The minimum atomic E-state index is -0.337. The van der Waals surface area contributed by atoms with E-state index in [0.717, 1.165) is 6.42 Å². The summed E-state index contributed by atoms with van der Waals surface area (Å²) in [4.78, 5) is 23.8. The molecule has 2 aromatic carbocycles. The molecule has 27 heavy (non-hydrogen) atoms. The molecule has 0 bridgehead atoms. The average Bonchev–Trinajstić information content (AvgIpc) is 2.70. The molecule has 0 aromatic heterocycles. The molecule has 5 heteroatoms. The Labute approximate surface area is 159 Å². The summed E-state index contributed by atoms with van der Waals surface area (Å²) in [5.74, 6) is -0.0787. The fourth-order valence-corrected chi connectivity index (χ4v) is 2.12. The number of esters is 1. The largest absolute Gasteiger partial charge is 0.462 e. The first-order chi connectivity index (χ1) is 12.9. The molecule has 2 aromatic rings. The summed E-state index contributed by atoms with van der Waals surface area (Å²) in [6.07, 6.45) is 0.967. The summed E-state index contributed by atoms with van der Waals surface area (Å²) in [6.45, 7) is 9.85. The van der Waals surface area contributed by atoms with Crippen LogP contribution in [0.3, 0.4) is 0 Å². The maximum absolute atomic E-state index is 12.0. The number of carbonyl (C=O) groups is 2. The summed E-state index contributed by atoms with van der Waals surface area (Å²) in [5.41, 5.74) is 2.80. The van der Waals surface area contributed by atoms with E-state index >= 15 is 0 Å². The van der Waals surface area contributed by atoms with Crippen LogP contribution in [0.15, 0.2) is 70.9 Å². The van der Waals surface area contributed by atoms with Gasteiger partial charge < -0.3 is 4.74 Å². The average molecular weight is 364 g/mol. The Morgan fingerprint density at radius 1 is 0.963 bits per heavy atom. The van der Waals surface area contributed by atoms with Crippen molar-refractivity contribution in [2.75, 3.05) is 6.61 Å². The Kier molecular flexibility index (Phi) is 7.17. The maximum Gasteiger partial charge on any atom is 0.338 e. The Bertz CT molecular complexity index is 837. The number of ketones is 1. The van der Waals surface area contributed by atoms with Crippen molar-refractivity contribution in [3.05, 3.63) is 71.8 Å². The maximum atomic E-state index is 12.0. The molecule has 140 valence electrons. The molecular formula is C22H24N2O3. The van der Waals surface area contributed by atoms with E-state index in [9.17, 15) is 9.59 Å². The van der Waals surface area contributed by atoms with Gasteiger partial charge in [-0.3, -0.25) is 4.79 Å². The summed E-state index contributed by atoms with van der Waals surface area (Å²) in [7, 11) is 0. The second-order valence-electron chi connectivity index (χ2n) is 6.52. The molecule has 0 spiro atoms. The third-order valence-electron chi connectivity index (χ3n) is 4.10. The molecule has 1 atom stereocenters. The topological polar surface area (TPSA) is 68.1 Å². The second-order valence-corrected chi connectivity index (χ2v) is 6.52. The first kappa shape index (κ1) is 20.2. The van der Waals surface area contributed by atoms with Gasteiger partial charge in [-0.15, -0.1) is 0 Å². The molecule has 2 rings (SSSR count). The minimum Gasteiger partial charge on any atom is -0.462 e. The number of nitrogens with zero attached hydrogens (tertiary/aromatic N) is 2. The van der Waals surface area contributed by atoms with Gasteiger partial charge in [0.1, 0.15) is 0 Å². The normalized spacial score (nSPS) is 12.0. The number of benzene rings is 2. The first-order valence-electron chi connectivity index (χ1n) is 8.90. The summed E-state index contributed by atoms with van der Waals surface area (Å²) < 4.78 is 5.27. The fourth-order valence-electron chi connectivity index (χ4n) is 2.12. The van der Waals surface area contributed by atoms with Gasteiger partial charge in [0.05, 0.1) is 23.5 Å². The van der Waals surface area contributed by atoms with Crippen molar-refractivity contribution in [3.63, 3.8) is 0 Å². The van der Waals surface area contributed by atoms with E-state index in [4.69, 9.17) is 4.74 Å². The van der Waals surface area contributed by atoms with Gasteiger partial charge in [-0.25, -0.2) is 4.79 Å². The molecule has 1 unspecified atom stereocenters. The van der Waals surface area contributed by atoms with Gasteiger partial charge in [-0.2, -0.15) is 10.2 Å². The SMILES string of the molecule is C=C(C)C(=O)c1ccc(N=Nc2ccc(C(=O)OCC(C)CC)cc2)cc1. The van der Waals surface area contributed by atoms with Crippen LogP contribution in [-0.4, -0.2) is 18.4 Å². The summed E-state index contributed by atoms with van der Waals surface area (Å²) in [5, 5.41) is 8.29. The molecule has 0 heterocycles. The van der Waals surface area contributed by atoms with Crippen molar-refractivity contribution in [1.82, 2.24) is 0 Å². The molecule has 0 amide bonds. The smallest absolute Gasteiger partial charge is 0.338 e. The zero-order valence-corrected chi connectivity index (χ0v) is 15.9. The number of carbonyl (C=O) groups excluding carboxylic acids is 2. The molecule has 0 fully saturated rings. The highest BCUT2D eigenvalue weighted by Crippen LogP contribution is 2.20. The van der Waals surface area contributed by atoms with Crippen molar-refractivity contribution < 1.29 is 14.3 Å². The third-order valence-corrected chi connectivity index (χ3v) is 4.10. The second kappa shape index (κ2) is 9.57. The van der Waals surface area contributed by atoms with E-state index in [0.29, 0.717) is 40.6 Å². The Balaban J connectivity index is 1.98. The third kappa shape index (κ3) is 5.99. The zero-order valence-electron chi connectivity index (χ0n) is 15.9. The van der Waals surface area contributed by atoms with Crippen molar-refractivity contribution in [2.24, 2.45) is 16.1 Å². The lowest BCUT2D eigenvalue weighted by Crippen LogP contribution is -2.11. The van der Waals surface area contributed by atoms with Crippen LogP contribution in [0.4, 0.5) is 11.4 Å². The van der Waals surface area contributed by atoms with E-state index in [1.165, 1.54) is 0 Å². The lowest BCUT2D eigenvalue weighted by atomic mass is 10.1. The van der Waals surface area contributed by atoms with Gasteiger partial charge in [0.2, 0.25) is 0 Å². The highest BCUT2D eigenvalue weighted by atomic mass is 16.5. The van der Waals surface area contributed by atoms with Crippen LogP contribution in [0.1, 0.15) is 47.9 Å². The summed E-state index contributed by atoms with van der Waals surface area (Å²) >= 11 is 0. The van der Waals surface area contributed by atoms with Crippen molar-refractivity contribution in [3.8, 4) is 0 Å². The molecule has 0 radical (unpaired) electrons. The highest BCUT2D eigenvalue weighted by molar-refractivity contribution is 6.07. The number of azo groups is 1. The Morgan fingerprint density at radius 3 is 1.89 bits per heavy atom. The highest BCUT2D eigenvalue weighted by Gasteiger charge is 2.09. The lowest BCUT2D eigenvalue weighted by molar-refractivity contribution is 0.0447. The quantitative estimate of drug-likeness (QED) is 0.247. The van der Waals surface area contributed by atoms with E-state index in [2.05, 4.69) is 23.7 Å². The molecular weight excluding hydrogens is 340 g/mol. The molecule has 0 aliphatic heterocycles. The molecule has 0 aliphatic rings. The number of ether oxygens (including phenoxy) is 1. The van der Waals surface area contributed by atoms with Crippen LogP contribution >= 0.6 is 0 Å². The van der Waals surface area contributed by atoms with E-state index in [1.54, 1.807) is 55.5 Å². The van der Waals surface area contributed by atoms with Gasteiger partial charge in [-0.05, 0) is 66.9 Å². The van der Waals surface area contributed by atoms with E-state index < -0.39 is 0 Å². The first-order valence-corrected chi connectivity index (χ1v) is 8.90. The fraction of sp³-hybridized carbons (Fsp3) is 0.273. The van der Waals surface area contributed by atoms with Crippen LogP contribution in [0.2, 0.25) is 0 Å². The van der Waals surface area contributed by atoms with E-state index in [-0.39, 0.29) is 11.8 Å². The van der Waals surface area contributed by atoms with Crippen LogP contribution in [0.5, 0.6) is 0 Å². The minimum absolute atomic E-state index is 0.0886. The number of rotatable bonds is 8. The van der Waals surface area contributed by atoms with Gasteiger partial charge in [-0.1, -0.05) is 26.8 Å². The van der Waals surface area contributed by atoms with Crippen LogP contribution in [-0.2, 0) is 4.74 Å². The monoisotopic (exact) mass is 364 g/mol. The molecule has 0 saturated heterocycles. The van der Waals surface area contributed by atoms with Crippen molar-refractivity contribution in [2.45, 2.75) is 27.2 Å². The van der Waals surface area contributed by atoms with Gasteiger partial charge in [0.25, 0.3) is 0 Å². The summed E-state index contributed by atoms with van der Waals surface area (Å²) in [6, 6.07) is 13.6.